The lowest BCUT2D eigenvalue weighted by Crippen LogP contribution is -2.18. The van der Waals surface area contributed by atoms with Crippen LogP contribution < -0.4 is 5.32 Å². The molecule has 0 saturated heterocycles. The van der Waals surface area contributed by atoms with Crippen LogP contribution in [0.25, 0.3) is 10.9 Å². The van der Waals surface area contributed by atoms with E-state index in [-0.39, 0.29) is 0 Å². The zero-order chi connectivity index (χ0) is 15.7. The summed E-state index contributed by atoms with van der Waals surface area (Å²) in [5, 5.41) is 18.7. The van der Waals surface area contributed by atoms with Crippen molar-refractivity contribution >= 4 is 23.0 Å². The third kappa shape index (κ3) is 2.86. The van der Waals surface area contributed by atoms with Crippen molar-refractivity contribution in [2.45, 2.75) is 57.6 Å². The summed E-state index contributed by atoms with van der Waals surface area (Å²) in [4.78, 5) is 10.8. The highest BCUT2D eigenvalue weighted by Gasteiger charge is 2.23. The molecule has 22 heavy (non-hydrogen) atoms. The van der Waals surface area contributed by atoms with Crippen molar-refractivity contribution in [3.8, 4) is 0 Å². The van der Waals surface area contributed by atoms with Crippen molar-refractivity contribution < 1.29 is 9.90 Å². The highest BCUT2D eigenvalue weighted by Crippen LogP contribution is 2.33. The van der Waals surface area contributed by atoms with E-state index in [0.29, 0.717) is 23.7 Å². The second-order valence-electron chi connectivity index (χ2n) is 6.68. The van der Waals surface area contributed by atoms with Crippen LogP contribution in [0.5, 0.6) is 0 Å². The van der Waals surface area contributed by atoms with Gasteiger partial charge in [0.1, 0.15) is 0 Å². The molecule has 2 aromatic rings. The van der Waals surface area contributed by atoms with Gasteiger partial charge in [-0.25, -0.2) is 0 Å². The van der Waals surface area contributed by atoms with Gasteiger partial charge < -0.3 is 10.4 Å². The molecule has 0 unspecified atom stereocenters. The third-order valence-electron chi connectivity index (χ3n) is 4.48. The molecule has 0 bridgehead atoms. The number of hydrogen-bond acceptors (Lipinski definition) is 3. The molecule has 0 atom stereocenters. The number of fused-ring (bicyclic) bond motifs is 1. The standard InChI is InChI=1S/C17H23N3O2/c1-17(2,22)14-9-15-12(8-16(14)18-11-21)10-20(19-15)13-6-4-3-5-7-13/h8-11,13,22H,3-7H2,1-2H3,(H,18,21). The summed E-state index contributed by atoms with van der Waals surface area (Å²) >= 11 is 0. The van der Waals surface area contributed by atoms with E-state index in [4.69, 9.17) is 5.10 Å². The summed E-state index contributed by atoms with van der Waals surface area (Å²) in [7, 11) is 0. The molecule has 0 aliphatic heterocycles. The smallest absolute Gasteiger partial charge is 0.211 e. The second-order valence-corrected chi connectivity index (χ2v) is 6.68. The number of aliphatic hydroxyl groups is 1. The van der Waals surface area contributed by atoms with E-state index in [1.165, 1.54) is 32.1 Å². The maximum absolute atomic E-state index is 10.8. The Kier molecular flexibility index (Phi) is 3.91. The van der Waals surface area contributed by atoms with E-state index in [9.17, 15) is 9.90 Å². The lowest BCUT2D eigenvalue weighted by molar-refractivity contribution is -0.105. The Labute approximate surface area is 130 Å². The Morgan fingerprint density at radius 1 is 1.32 bits per heavy atom. The molecule has 0 radical (unpaired) electrons. The van der Waals surface area contributed by atoms with E-state index in [0.717, 1.165) is 10.9 Å². The van der Waals surface area contributed by atoms with Crippen molar-refractivity contribution in [1.82, 2.24) is 9.78 Å². The van der Waals surface area contributed by atoms with Crippen molar-refractivity contribution in [2.75, 3.05) is 5.32 Å². The topological polar surface area (TPSA) is 67.2 Å². The van der Waals surface area contributed by atoms with Crippen molar-refractivity contribution in [3.05, 3.63) is 23.9 Å². The van der Waals surface area contributed by atoms with Crippen LogP contribution in [0, 0.1) is 0 Å². The van der Waals surface area contributed by atoms with Crippen LogP contribution in [-0.4, -0.2) is 21.3 Å². The van der Waals surface area contributed by atoms with E-state index < -0.39 is 5.60 Å². The Balaban J connectivity index is 2.05. The quantitative estimate of drug-likeness (QED) is 0.851. The predicted molar refractivity (Wildman–Crippen MR) is 86.8 cm³/mol. The first-order chi connectivity index (χ1) is 10.5. The summed E-state index contributed by atoms with van der Waals surface area (Å²) in [6, 6.07) is 4.23. The Hall–Kier alpha value is -1.88. The molecule has 0 spiro atoms. The Morgan fingerprint density at radius 3 is 2.68 bits per heavy atom. The number of nitrogens with one attached hydrogen (secondary N) is 1. The minimum Gasteiger partial charge on any atom is -0.386 e. The molecular formula is C17H23N3O2. The summed E-state index contributed by atoms with van der Waals surface area (Å²) in [6.45, 7) is 3.42. The number of carbonyl (C=O) groups excluding carboxylic acids is 1. The van der Waals surface area contributed by atoms with Crippen molar-refractivity contribution in [1.29, 1.82) is 0 Å². The highest BCUT2D eigenvalue weighted by molar-refractivity contribution is 5.87. The minimum atomic E-state index is -1.03. The van der Waals surface area contributed by atoms with Gasteiger partial charge in [0.25, 0.3) is 0 Å². The fraction of sp³-hybridized carbons (Fsp3) is 0.529. The van der Waals surface area contributed by atoms with E-state index >= 15 is 0 Å². The Bertz CT molecular complexity index is 679. The molecule has 3 rings (SSSR count). The summed E-state index contributed by atoms with van der Waals surface area (Å²) in [6.07, 6.45) is 8.87. The summed E-state index contributed by atoms with van der Waals surface area (Å²) in [5.74, 6) is 0. The predicted octanol–water partition coefficient (Wildman–Crippen LogP) is 3.34. The van der Waals surface area contributed by atoms with E-state index in [1.807, 2.05) is 12.1 Å². The number of benzene rings is 1. The number of amides is 1. The molecule has 118 valence electrons. The molecule has 1 fully saturated rings. The van der Waals surface area contributed by atoms with Gasteiger partial charge in [0.15, 0.2) is 0 Å². The average Bonchev–Trinajstić information content (AvgIpc) is 2.90. The summed E-state index contributed by atoms with van der Waals surface area (Å²) < 4.78 is 2.06. The largest absolute Gasteiger partial charge is 0.386 e. The minimum absolute atomic E-state index is 0.467. The van der Waals surface area contributed by atoms with Gasteiger partial charge in [0.05, 0.1) is 17.2 Å². The van der Waals surface area contributed by atoms with Gasteiger partial charge in [-0.05, 0) is 38.8 Å². The maximum Gasteiger partial charge on any atom is 0.211 e. The number of rotatable bonds is 4. The van der Waals surface area contributed by atoms with Gasteiger partial charge >= 0.3 is 0 Å². The first-order valence-electron chi connectivity index (χ1n) is 7.95. The lowest BCUT2D eigenvalue weighted by Gasteiger charge is -2.21. The molecular weight excluding hydrogens is 278 g/mol. The lowest BCUT2D eigenvalue weighted by atomic mass is 9.95. The van der Waals surface area contributed by atoms with Crippen molar-refractivity contribution in [3.63, 3.8) is 0 Å². The average molecular weight is 301 g/mol. The fourth-order valence-electron chi connectivity index (χ4n) is 3.31. The Morgan fingerprint density at radius 2 is 2.05 bits per heavy atom. The summed E-state index contributed by atoms with van der Waals surface area (Å²) in [5.41, 5.74) is 1.15. The first-order valence-corrected chi connectivity index (χ1v) is 7.95. The number of aromatic nitrogens is 2. The highest BCUT2D eigenvalue weighted by atomic mass is 16.3. The maximum atomic E-state index is 10.8. The molecule has 1 aliphatic carbocycles. The second kappa shape index (κ2) is 5.72. The molecule has 1 aromatic carbocycles. The molecule has 1 heterocycles. The SMILES string of the molecule is CC(C)(O)c1cc2nn(C3CCCCC3)cc2cc1NC=O. The van der Waals surface area contributed by atoms with Crippen LogP contribution in [-0.2, 0) is 10.4 Å². The molecule has 2 N–H and O–H groups in total. The van der Waals surface area contributed by atoms with Crippen LogP contribution in [0.4, 0.5) is 5.69 Å². The number of hydrogen-bond donors (Lipinski definition) is 2. The third-order valence-corrected chi connectivity index (χ3v) is 4.48. The van der Waals surface area contributed by atoms with E-state index in [1.54, 1.807) is 13.8 Å². The number of carbonyl (C=O) groups is 1. The molecule has 1 amide bonds. The molecule has 1 aliphatic rings. The van der Waals surface area contributed by atoms with Gasteiger partial charge in [-0.2, -0.15) is 5.10 Å². The zero-order valence-electron chi connectivity index (χ0n) is 13.2. The molecule has 5 nitrogen and oxygen atoms in total. The zero-order valence-corrected chi connectivity index (χ0v) is 13.2. The number of anilines is 1. The molecule has 1 aromatic heterocycles. The van der Waals surface area contributed by atoms with Crippen LogP contribution in [0.1, 0.15) is 57.6 Å². The van der Waals surface area contributed by atoms with Crippen LogP contribution >= 0.6 is 0 Å². The van der Waals surface area contributed by atoms with Crippen LogP contribution in [0.2, 0.25) is 0 Å². The van der Waals surface area contributed by atoms with Gasteiger partial charge in [0.2, 0.25) is 6.41 Å². The van der Waals surface area contributed by atoms with Crippen LogP contribution in [0.15, 0.2) is 18.3 Å². The molecule has 5 heteroatoms. The van der Waals surface area contributed by atoms with Gasteiger partial charge in [-0.1, -0.05) is 19.3 Å². The normalized spacial score (nSPS) is 16.9. The molecule has 1 saturated carbocycles. The van der Waals surface area contributed by atoms with Gasteiger partial charge in [-0.15, -0.1) is 0 Å². The monoisotopic (exact) mass is 301 g/mol. The van der Waals surface area contributed by atoms with Gasteiger partial charge in [0, 0.05) is 22.8 Å². The van der Waals surface area contributed by atoms with Gasteiger partial charge in [-0.3, -0.25) is 9.48 Å². The number of nitrogens with zero attached hydrogens (tertiary/aromatic N) is 2. The fourth-order valence-corrected chi connectivity index (χ4v) is 3.31. The van der Waals surface area contributed by atoms with Crippen LogP contribution in [0.3, 0.4) is 0 Å². The van der Waals surface area contributed by atoms with Crippen molar-refractivity contribution in [2.24, 2.45) is 0 Å². The first kappa shape index (κ1) is 15.0. The van der Waals surface area contributed by atoms with E-state index in [2.05, 4.69) is 16.2 Å².